The van der Waals surface area contributed by atoms with Gasteiger partial charge in [-0.3, -0.25) is 0 Å². The molecule has 17 heavy (non-hydrogen) atoms. The first-order chi connectivity index (χ1) is 8.02. The zero-order valence-corrected chi connectivity index (χ0v) is 9.20. The predicted molar refractivity (Wildman–Crippen MR) is 52.9 cm³/mol. The molecule has 2 N–H and O–H groups in total. The smallest absolute Gasteiger partial charge is 0.392 e. The molecule has 2 rings (SSSR count). The zero-order valence-electron chi connectivity index (χ0n) is 9.20. The van der Waals surface area contributed by atoms with Gasteiger partial charge in [-0.1, -0.05) is 12.8 Å². The molecule has 0 amide bonds. The minimum atomic E-state index is -4.21. The third-order valence-electron chi connectivity index (χ3n) is 3.16. The van der Waals surface area contributed by atoms with E-state index in [2.05, 4.69) is 10.2 Å². The average Bonchev–Trinajstić information content (AvgIpc) is 2.76. The molecule has 0 aromatic carbocycles. The lowest BCUT2D eigenvalue weighted by molar-refractivity contribution is -0.188. The van der Waals surface area contributed by atoms with E-state index in [1.807, 2.05) is 0 Å². The molecule has 96 valence electrons. The summed E-state index contributed by atoms with van der Waals surface area (Å²) in [5.41, 5.74) is 5.29. The van der Waals surface area contributed by atoms with Crippen molar-refractivity contribution < 1.29 is 17.6 Å². The van der Waals surface area contributed by atoms with Crippen molar-refractivity contribution in [3.63, 3.8) is 0 Å². The normalized spacial score (nSPS) is 26.1. The van der Waals surface area contributed by atoms with E-state index in [1.165, 1.54) is 0 Å². The summed E-state index contributed by atoms with van der Waals surface area (Å²) in [6.45, 7) is 0.0520. The molecule has 1 aromatic heterocycles. The Morgan fingerprint density at radius 2 is 1.94 bits per heavy atom. The molecule has 1 saturated carbocycles. The van der Waals surface area contributed by atoms with Crippen molar-refractivity contribution in [2.45, 2.75) is 44.3 Å². The highest BCUT2D eigenvalue weighted by Gasteiger charge is 2.47. The van der Waals surface area contributed by atoms with Crippen molar-refractivity contribution >= 4 is 0 Å². The minimum absolute atomic E-state index is 0.0520. The molecule has 1 aliphatic rings. The van der Waals surface area contributed by atoms with Gasteiger partial charge in [-0.25, -0.2) is 0 Å². The van der Waals surface area contributed by atoms with Crippen molar-refractivity contribution in [2.75, 3.05) is 0 Å². The monoisotopic (exact) mass is 249 g/mol. The maximum absolute atomic E-state index is 12.9. The summed E-state index contributed by atoms with van der Waals surface area (Å²) in [7, 11) is 0. The Morgan fingerprint density at radius 3 is 2.53 bits per heavy atom. The molecule has 1 aliphatic carbocycles. The first-order valence-corrected chi connectivity index (χ1v) is 5.61. The number of aromatic nitrogens is 2. The molecule has 7 heteroatoms. The Kier molecular flexibility index (Phi) is 3.37. The number of nitrogens with zero attached hydrogens (tertiary/aromatic N) is 2. The lowest BCUT2D eigenvalue weighted by Gasteiger charge is -2.30. The van der Waals surface area contributed by atoms with Crippen molar-refractivity contribution in [1.29, 1.82) is 0 Å². The van der Waals surface area contributed by atoms with Crippen molar-refractivity contribution in [3.8, 4) is 0 Å². The summed E-state index contributed by atoms with van der Waals surface area (Å²) < 4.78 is 43.7. The lowest BCUT2D eigenvalue weighted by Crippen LogP contribution is -2.31. The SMILES string of the molecule is NCc1nnc(C2CCCCC2C(F)(F)F)o1. The van der Waals surface area contributed by atoms with Gasteiger partial charge in [0, 0.05) is 5.92 Å². The molecule has 4 nitrogen and oxygen atoms in total. The second kappa shape index (κ2) is 4.64. The van der Waals surface area contributed by atoms with Crippen LogP contribution in [0.3, 0.4) is 0 Å². The van der Waals surface area contributed by atoms with Crippen LogP contribution < -0.4 is 5.73 Å². The summed E-state index contributed by atoms with van der Waals surface area (Å²) in [6.07, 6.45) is -2.27. The molecule has 1 aromatic rings. The Hall–Kier alpha value is -1.11. The van der Waals surface area contributed by atoms with Gasteiger partial charge in [-0.15, -0.1) is 10.2 Å². The fraction of sp³-hybridized carbons (Fsp3) is 0.800. The molecule has 0 spiro atoms. The molecule has 1 heterocycles. The first kappa shape index (κ1) is 12.3. The molecule has 2 atom stereocenters. The first-order valence-electron chi connectivity index (χ1n) is 5.61. The number of rotatable bonds is 2. The van der Waals surface area contributed by atoms with E-state index in [0.29, 0.717) is 12.8 Å². The van der Waals surface area contributed by atoms with Crippen molar-refractivity contribution in [1.82, 2.24) is 10.2 Å². The lowest BCUT2D eigenvalue weighted by atomic mass is 9.79. The molecule has 0 saturated heterocycles. The van der Waals surface area contributed by atoms with Gasteiger partial charge in [-0.2, -0.15) is 13.2 Å². The third kappa shape index (κ3) is 2.59. The van der Waals surface area contributed by atoms with Crippen LogP contribution in [0, 0.1) is 5.92 Å². The molecule has 2 unspecified atom stereocenters. The standard InChI is InChI=1S/C10H14F3N3O/c11-10(12,13)7-4-2-1-3-6(7)9-16-15-8(5-14)17-9/h6-7H,1-5,14H2. The van der Waals surface area contributed by atoms with Crippen molar-refractivity contribution in [3.05, 3.63) is 11.8 Å². The summed E-state index contributed by atoms with van der Waals surface area (Å²) in [5.74, 6) is -1.82. The number of alkyl halides is 3. The zero-order chi connectivity index (χ0) is 12.5. The van der Waals surface area contributed by atoms with Crippen LogP contribution in [0.4, 0.5) is 13.2 Å². The van der Waals surface area contributed by atoms with Gasteiger partial charge in [0.1, 0.15) is 0 Å². The van der Waals surface area contributed by atoms with Gasteiger partial charge >= 0.3 is 6.18 Å². The van der Waals surface area contributed by atoms with Gasteiger partial charge in [0.25, 0.3) is 0 Å². The average molecular weight is 249 g/mol. The van der Waals surface area contributed by atoms with Gasteiger partial charge < -0.3 is 10.2 Å². The van der Waals surface area contributed by atoms with Crippen LogP contribution in [0.15, 0.2) is 4.42 Å². The number of nitrogens with two attached hydrogens (primary N) is 1. The molecular weight excluding hydrogens is 235 g/mol. The number of hydrogen-bond acceptors (Lipinski definition) is 4. The predicted octanol–water partition coefficient (Wildman–Crippen LogP) is 2.36. The molecule has 0 bridgehead atoms. The highest BCUT2D eigenvalue weighted by Crippen LogP contribution is 2.45. The van der Waals surface area contributed by atoms with Crippen LogP contribution in [0.1, 0.15) is 43.4 Å². The number of hydrogen-bond donors (Lipinski definition) is 1. The summed E-state index contributed by atoms with van der Waals surface area (Å²) in [4.78, 5) is 0. The van der Waals surface area contributed by atoms with E-state index in [-0.39, 0.29) is 24.7 Å². The maximum atomic E-state index is 12.9. The van der Waals surface area contributed by atoms with Crippen molar-refractivity contribution in [2.24, 2.45) is 11.7 Å². The summed E-state index contributed by atoms with van der Waals surface area (Å²) in [6, 6.07) is 0. The van der Waals surface area contributed by atoms with E-state index in [9.17, 15) is 13.2 Å². The van der Waals surface area contributed by atoms with E-state index in [0.717, 1.165) is 6.42 Å². The highest BCUT2D eigenvalue weighted by atomic mass is 19.4. The van der Waals surface area contributed by atoms with Crippen LogP contribution in [-0.4, -0.2) is 16.4 Å². The highest BCUT2D eigenvalue weighted by molar-refractivity contribution is 4.99. The second-order valence-electron chi connectivity index (χ2n) is 4.28. The van der Waals surface area contributed by atoms with E-state index < -0.39 is 18.0 Å². The van der Waals surface area contributed by atoms with E-state index in [1.54, 1.807) is 0 Å². The van der Waals surface area contributed by atoms with Crippen LogP contribution in [0.2, 0.25) is 0 Å². The van der Waals surface area contributed by atoms with Crippen LogP contribution in [0.5, 0.6) is 0 Å². The second-order valence-corrected chi connectivity index (χ2v) is 4.28. The van der Waals surface area contributed by atoms with Gasteiger partial charge in [0.05, 0.1) is 12.5 Å². The Morgan fingerprint density at radius 1 is 1.24 bits per heavy atom. The Bertz CT molecular complexity index is 377. The summed E-state index contributed by atoms with van der Waals surface area (Å²) in [5, 5.41) is 7.30. The fourth-order valence-corrected chi connectivity index (χ4v) is 2.32. The minimum Gasteiger partial charge on any atom is -0.424 e. The maximum Gasteiger partial charge on any atom is 0.392 e. The molecular formula is C10H14F3N3O. The molecule has 1 fully saturated rings. The fourth-order valence-electron chi connectivity index (χ4n) is 2.32. The van der Waals surface area contributed by atoms with Crippen LogP contribution in [-0.2, 0) is 6.54 Å². The Balaban J connectivity index is 2.21. The summed E-state index contributed by atoms with van der Waals surface area (Å²) >= 11 is 0. The van der Waals surface area contributed by atoms with Crippen LogP contribution >= 0.6 is 0 Å². The quantitative estimate of drug-likeness (QED) is 0.873. The molecule has 0 radical (unpaired) electrons. The van der Waals surface area contributed by atoms with Crippen LogP contribution in [0.25, 0.3) is 0 Å². The Labute approximate surface area is 96.4 Å². The topological polar surface area (TPSA) is 64.9 Å². The van der Waals surface area contributed by atoms with Gasteiger partial charge in [-0.05, 0) is 12.8 Å². The molecule has 0 aliphatic heterocycles. The third-order valence-corrected chi connectivity index (χ3v) is 3.16. The van der Waals surface area contributed by atoms with Gasteiger partial charge in [0.2, 0.25) is 11.8 Å². The van der Waals surface area contributed by atoms with E-state index in [4.69, 9.17) is 10.2 Å². The number of halogens is 3. The largest absolute Gasteiger partial charge is 0.424 e. The van der Waals surface area contributed by atoms with Gasteiger partial charge in [0.15, 0.2) is 0 Å². The van der Waals surface area contributed by atoms with E-state index >= 15 is 0 Å².